The summed E-state index contributed by atoms with van der Waals surface area (Å²) < 4.78 is 26.4. The first-order valence-electron chi connectivity index (χ1n) is 25.1. The second-order valence-corrected chi connectivity index (χ2v) is 21.1. The van der Waals surface area contributed by atoms with Gasteiger partial charge in [-0.05, 0) is 143 Å². The number of thiophene rings is 2. The first-order chi connectivity index (χ1) is 34.7. The van der Waals surface area contributed by atoms with Gasteiger partial charge in [0.2, 0.25) is 11.8 Å². The topological polar surface area (TPSA) is 110 Å². The number of ether oxygens (including phenoxy) is 4. The second-order valence-electron chi connectivity index (χ2n) is 19.2. The SMILES string of the molecule is CC(C)(CCC(=O)Oc1ccc2ccc(OCCCCN3CCN(c4cccc5sccc45)CC3)cc2n1)C(=O)Oc1ccc2ccc(OCCCCN3CCN(c4cccc5sccc45)CC3)cc2n1. The Morgan fingerprint density at radius 2 is 1.04 bits per heavy atom. The van der Waals surface area contributed by atoms with E-state index < -0.39 is 17.4 Å². The third-order valence-corrected chi connectivity index (χ3v) is 15.6. The normalized spacial score (nSPS) is 15.0. The van der Waals surface area contributed by atoms with Crippen molar-refractivity contribution >= 4 is 88.0 Å². The van der Waals surface area contributed by atoms with Gasteiger partial charge in [-0.2, -0.15) is 0 Å². The highest BCUT2D eigenvalue weighted by Gasteiger charge is 2.31. The van der Waals surface area contributed by atoms with E-state index in [0.717, 1.165) is 113 Å². The summed E-state index contributed by atoms with van der Waals surface area (Å²) in [5.41, 5.74) is 3.07. The van der Waals surface area contributed by atoms with Gasteiger partial charge in [0.05, 0.1) is 29.7 Å². The zero-order chi connectivity index (χ0) is 48.6. The molecule has 0 unspecified atom stereocenters. The molecule has 2 saturated heterocycles. The van der Waals surface area contributed by atoms with Crippen LogP contribution in [-0.2, 0) is 9.59 Å². The van der Waals surface area contributed by atoms with Gasteiger partial charge >= 0.3 is 11.9 Å². The van der Waals surface area contributed by atoms with Crippen molar-refractivity contribution in [1.29, 1.82) is 0 Å². The lowest BCUT2D eigenvalue weighted by atomic mass is 9.88. The molecule has 0 atom stereocenters. The molecule has 368 valence electrons. The minimum atomic E-state index is -0.981. The number of pyridine rings is 2. The number of piperazine rings is 2. The third-order valence-electron chi connectivity index (χ3n) is 13.8. The molecule has 0 radical (unpaired) electrons. The predicted molar refractivity (Wildman–Crippen MR) is 288 cm³/mol. The Morgan fingerprint density at radius 1 is 0.563 bits per heavy atom. The molecule has 8 aromatic rings. The summed E-state index contributed by atoms with van der Waals surface area (Å²) in [5.74, 6) is 0.880. The molecule has 12 nitrogen and oxygen atoms in total. The maximum atomic E-state index is 13.4. The third kappa shape index (κ3) is 12.1. The van der Waals surface area contributed by atoms with Crippen molar-refractivity contribution in [2.24, 2.45) is 5.41 Å². The maximum absolute atomic E-state index is 13.4. The molecule has 10 rings (SSSR count). The smallest absolute Gasteiger partial charge is 0.318 e. The molecular formula is C57H62N6O6S2. The maximum Gasteiger partial charge on any atom is 0.318 e. The Balaban J connectivity index is 0.621. The van der Waals surface area contributed by atoms with Crippen molar-refractivity contribution in [3.8, 4) is 23.3 Å². The molecule has 2 fully saturated rings. The Bertz CT molecular complexity index is 3100. The second kappa shape index (κ2) is 22.4. The van der Waals surface area contributed by atoms with Gasteiger partial charge in [0.25, 0.3) is 0 Å². The Kier molecular flexibility index (Phi) is 15.2. The molecule has 0 aliphatic carbocycles. The predicted octanol–water partition coefficient (Wildman–Crippen LogP) is 11.5. The standard InChI is InChI=1S/C57H62N6O6S2/c1-57(2,56(65)69-54-20-16-42-14-18-44(40-48(42)59-54)67-36-6-4-26-61-29-33-63(34-30-61)50-10-8-12-52-46(50)23-38-71-52)24-21-55(64)68-53-19-15-41-13-17-43(39-47(41)58-53)66-35-5-3-25-60-27-31-62(32-28-60)49-9-7-11-51-45(49)22-37-70-51/h7-20,22-23,37-40H,3-6,21,24-36H2,1-2H3. The fraction of sp³-hybridized carbons (Fsp3) is 0.368. The highest BCUT2D eigenvalue weighted by atomic mass is 32.1. The number of hydrogen-bond acceptors (Lipinski definition) is 14. The summed E-state index contributed by atoms with van der Waals surface area (Å²) in [6, 6.07) is 36.4. The van der Waals surface area contributed by atoms with Gasteiger partial charge in [-0.15, -0.1) is 22.7 Å². The van der Waals surface area contributed by atoms with Crippen molar-refractivity contribution < 1.29 is 28.5 Å². The number of benzene rings is 4. The fourth-order valence-electron chi connectivity index (χ4n) is 9.55. The molecule has 0 bridgehead atoms. The molecule has 6 heterocycles. The molecule has 0 amide bonds. The molecular weight excluding hydrogens is 929 g/mol. The minimum Gasteiger partial charge on any atom is -0.494 e. The van der Waals surface area contributed by atoms with Gasteiger partial charge in [-0.25, -0.2) is 9.97 Å². The molecule has 14 heteroatoms. The molecule has 0 N–H and O–H groups in total. The van der Waals surface area contributed by atoms with Crippen LogP contribution in [0.15, 0.2) is 120 Å². The average Bonchev–Trinajstić information content (AvgIpc) is 4.09. The fourth-order valence-corrected chi connectivity index (χ4v) is 11.2. The lowest BCUT2D eigenvalue weighted by molar-refractivity contribution is -0.145. The molecule has 71 heavy (non-hydrogen) atoms. The van der Waals surface area contributed by atoms with Gasteiger partial charge < -0.3 is 28.7 Å². The van der Waals surface area contributed by atoms with E-state index in [1.807, 2.05) is 48.5 Å². The number of carbonyl (C=O) groups excluding carboxylic acids is 2. The van der Waals surface area contributed by atoms with Crippen molar-refractivity contribution in [3.05, 3.63) is 120 Å². The van der Waals surface area contributed by atoms with Crippen LogP contribution in [0, 0.1) is 5.41 Å². The highest BCUT2D eigenvalue weighted by Crippen LogP contribution is 2.33. The molecule has 2 aliphatic rings. The van der Waals surface area contributed by atoms with Crippen LogP contribution in [0.25, 0.3) is 42.0 Å². The number of nitrogens with zero attached hydrogens (tertiary/aromatic N) is 6. The van der Waals surface area contributed by atoms with Crippen molar-refractivity contribution in [1.82, 2.24) is 19.8 Å². The van der Waals surface area contributed by atoms with Gasteiger partial charge in [0, 0.05) is 125 Å². The van der Waals surface area contributed by atoms with Crippen LogP contribution in [-0.4, -0.2) is 110 Å². The van der Waals surface area contributed by atoms with Crippen molar-refractivity contribution in [2.75, 3.05) is 88.5 Å². The van der Waals surface area contributed by atoms with Crippen LogP contribution in [0.3, 0.4) is 0 Å². The van der Waals surface area contributed by atoms with Crippen LogP contribution in [0.5, 0.6) is 23.3 Å². The van der Waals surface area contributed by atoms with Gasteiger partial charge in [-0.3, -0.25) is 19.4 Å². The number of carbonyl (C=O) groups is 2. The number of rotatable bonds is 20. The molecule has 2 aliphatic heterocycles. The molecule has 4 aromatic carbocycles. The monoisotopic (exact) mass is 990 g/mol. The van der Waals surface area contributed by atoms with Crippen molar-refractivity contribution in [3.63, 3.8) is 0 Å². The van der Waals surface area contributed by atoms with E-state index in [1.54, 1.807) is 48.7 Å². The highest BCUT2D eigenvalue weighted by molar-refractivity contribution is 7.17. The largest absolute Gasteiger partial charge is 0.494 e. The zero-order valence-electron chi connectivity index (χ0n) is 40.7. The summed E-state index contributed by atoms with van der Waals surface area (Å²) in [5, 5.41) is 8.90. The number of anilines is 2. The Hall–Kier alpha value is -6.32. The summed E-state index contributed by atoms with van der Waals surface area (Å²) in [6.07, 6.45) is 4.24. The van der Waals surface area contributed by atoms with Gasteiger partial charge in [0.15, 0.2) is 0 Å². The summed E-state index contributed by atoms with van der Waals surface area (Å²) in [4.78, 5) is 45.8. The van der Waals surface area contributed by atoms with Gasteiger partial charge in [-0.1, -0.05) is 12.1 Å². The van der Waals surface area contributed by atoms with E-state index in [0.29, 0.717) is 24.2 Å². The Morgan fingerprint density at radius 3 is 1.55 bits per heavy atom. The Labute approximate surface area is 423 Å². The van der Waals surface area contributed by atoms with E-state index >= 15 is 0 Å². The van der Waals surface area contributed by atoms with E-state index in [2.05, 4.69) is 88.9 Å². The molecule has 4 aromatic heterocycles. The van der Waals surface area contributed by atoms with Crippen LogP contribution in [0.2, 0.25) is 0 Å². The van der Waals surface area contributed by atoms with E-state index in [9.17, 15) is 9.59 Å². The van der Waals surface area contributed by atoms with Crippen LogP contribution >= 0.6 is 22.7 Å². The first-order valence-corrected chi connectivity index (χ1v) is 26.8. The number of aromatic nitrogens is 2. The van der Waals surface area contributed by atoms with E-state index in [4.69, 9.17) is 18.9 Å². The lowest BCUT2D eigenvalue weighted by Crippen LogP contribution is -2.46. The summed E-state index contributed by atoms with van der Waals surface area (Å²) in [7, 11) is 0. The number of unbranched alkanes of at least 4 members (excludes halogenated alkanes) is 2. The quantitative estimate of drug-likeness (QED) is 0.0536. The number of esters is 2. The van der Waals surface area contributed by atoms with Crippen LogP contribution < -0.4 is 28.7 Å². The molecule has 0 saturated carbocycles. The number of hydrogen-bond donors (Lipinski definition) is 0. The van der Waals surface area contributed by atoms with Crippen LogP contribution in [0.4, 0.5) is 11.4 Å². The zero-order valence-corrected chi connectivity index (χ0v) is 42.4. The van der Waals surface area contributed by atoms with Crippen molar-refractivity contribution in [2.45, 2.75) is 52.4 Å². The summed E-state index contributed by atoms with van der Waals surface area (Å²) >= 11 is 3.61. The molecule has 0 spiro atoms. The van der Waals surface area contributed by atoms with Crippen LogP contribution in [0.1, 0.15) is 52.4 Å². The van der Waals surface area contributed by atoms with Gasteiger partial charge in [0.1, 0.15) is 11.5 Å². The number of fused-ring (bicyclic) bond motifs is 4. The van der Waals surface area contributed by atoms with E-state index in [1.165, 1.54) is 31.5 Å². The minimum absolute atomic E-state index is 0.00184. The summed E-state index contributed by atoms with van der Waals surface area (Å²) in [6.45, 7) is 15.3. The van der Waals surface area contributed by atoms with E-state index in [-0.39, 0.29) is 24.6 Å². The lowest BCUT2D eigenvalue weighted by Gasteiger charge is -2.36. The average molecular weight is 991 g/mol. The first kappa shape index (κ1) is 48.3.